The van der Waals surface area contributed by atoms with Crippen LogP contribution in [-0.2, 0) is 0 Å². The number of nitrogens with one attached hydrogen (secondary N) is 1. The van der Waals surface area contributed by atoms with E-state index in [0.717, 1.165) is 27.3 Å². The topological polar surface area (TPSA) is 45.8 Å². The highest BCUT2D eigenvalue weighted by Crippen LogP contribution is 2.28. The van der Waals surface area contributed by atoms with Crippen molar-refractivity contribution in [2.75, 3.05) is 0 Å². The summed E-state index contributed by atoms with van der Waals surface area (Å²) in [6.07, 6.45) is 4.27. The van der Waals surface area contributed by atoms with Crippen molar-refractivity contribution in [3.8, 4) is 10.6 Å². The van der Waals surface area contributed by atoms with Crippen molar-refractivity contribution in [1.29, 1.82) is 0 Å². The third-order valence-electron chi connectivity index (χ3n) is 1.83. The predicted molar refractivity (Wildman–Crippen MR) is 52.0 cm³/mol. The number of hydrogen-bond acceptors (Lipinski definition) is 3. The van der Waals surface area contributed by atoms with Crippen LogP contribution in [0.5, 0.6) is 0 Å². The molecule has 66 valence electrons. The van der Waals surface area contributed by atoms with Crippen molar-refractivity contribution < 1.29 is 4.79 Å². The molecule has 0 amide bonds. The van der Waals surface area contributed by atoms with Gasteiger partial charge in [0.2, 0.25) is 0 Å². The highest BCUT2D eigenvalue weighted by molar-refractivity contribution is 7.17. The molecule has 2 aromatic heterocycles. The Morgan fingerprint density at radius 1 is 1.62 bits per heavy atom. The van der Waals surface area contributed by atoms with Crippen LogP contribution in [0.4, 0.5) is 0 Å². The standard InChI is InChI=1S/C9H8N2OS/c1-6-2-8(13-9(6)4-12)7-3-10-5-11-7/h2-5H,1H3,(H,10,11). The van der Waals surface area contributed by atoms with E-state index in [-0.39, 0.29) is 0 Å². The number of thiophene rings is 1. The van der Waals surface area contributed by atoms with E-state index in [4.69, 9.17) is 0 Å². The van der Waals surface area contributed by atoms with Crippen molar-refractivity contribution in [3.63, 3.8) is 0 Å². The van der Waals surface area contributed by atoms with Crippen molar-refractivity contribution in [2.45, 2.75) is 6.92 Å². The first-order valence-electron chi connectivity index (χ1n) is 3.85. The largest absolute Gasteiger partial charge is 0.344 e. The van der Waals surface area contributed by atoms with Gasteiger partial charge in [-0.05, 0) is 18.6 Å². The molecule has 0 atom stereocenters. The van der Waals surface area contributed by atoms with Gasteiger partial charge in [-0.15, -0.1) is 11.3 Å². The van der Waals surface area contributed by atoms with Crippen LogP contribution in [-0.4, -0.2) is 16.3 Å². The molecular formula is C9H8N2OS. The minimum absolute atomic E-state index is 0.782. The number of rotatable bonds is 2. The summed E-state index contributed by atoms with van der Waals surface area (Å²) >= 11 is 1.48. The van der Waals surface area contributed by atoms with Gasteiger partial charge in [0.15, 0.2) is 6.29 Å². The molecule has 3 nitrogen and oxygen atoms in total. The quantitative estimate of drug-likeness (QED) is 0.742. The molecule has 0 unspecified atom stereocenters. The number of carbonyl (C=O) groups is 1. The Kier molecular flexibility index (Phi) is 1.98. The SMILES string of the molecule is Cc1cc(-c2cnc[nH]2)sc1C=O. The molecule has 0 aromatic carbocycles. The van der Waals surface area contributed by atoms with Gasteiger partial charge in [0, 0.05) is 0 Å². The van der Waals surface area contributed by atoms with Gasteiger partial charge in [-0.25, -0.2) is 4.98 Å². The van der Waals surface area contributed by atoms with Crippen molar-refractivity contribution >= 4 is 17.6 Å². The summed E-state index contributed by atoms with van der Waals surface area (Å²) in [7, 11) is 0. The van der Waals surface area contributed by atoms with Crippen LogP contribution in [0.1, 0.15) is 15.2 Å². The molecule has 1 N–H and O–H groups in total. The van der Waals surface area contributed by atoms with Gasteiger partial charge in [-0.3, -0.25) is 4.79 Å². The van der Waals surface area contributed by atoms with E-state index in [2.05, 4.69) is 9.97 Å². The van der Waals surface area contributed by atoms with E-state index in [1.54, 1.807) is 12.5 Å². The molecular weight excluding hydrogens is 184 g/mol. The molecule has 0 fully saturated rings. The third kappa shape index (κ3) is 1.40. The lowest BCUT2D eigenvalue weighted by atomic mass is 10.2. The van der Waals surface area contributed by atoms with E-state index in [0.29, 0.717) is 0 Å². The van der Waals surface area contributed by atoms with Gasteiger partial charge in [-0.1, -0.05) is 0 Å². The Morgan fingerprint density at radius 2 is 2.46 bits per heavy atom. The van der Waals surface area contributed by atoms with Crippen LogP contribution in [0.2, 0.25) is 0 Å². The maximum atomic E-state index is 10.6. The highest BCUT2D eigenvalue weighted by Gasteiger charge is 2.06. The second-order valence-corrected chi connectivity index (χ2v) is 3.82. The van der Waals surface area contributed by atoms with Gasteiger partial charge < -0.3 is 4.98 Å². The zero-order valence-electron chi connectivity index (χ0n) is 7.07. The second kappa shape index (κ2) is 3.14. The van der Waals surface area contributed by atoms with Crippen LogP contribution in [0.3, 0.4) is 0 Å². The molecule has 0 bridgehead atoms. The Labute approximate surface area is 79.4 Å². The average molecular weight is 192 g/mol. The van der Waals surface area contributed by atoms with E-state index >= 15 is 0 Å². The fraction of sp³-hybridized carbons (Fsp3) is 0.111. The minimum atomic E-state index is 0.782. The molecule has 0 saturated carbocycles. The van der Waals surface area contributed by atoms with E-state index in [1.165, 1.54) is 11.3 Å². The fourth-order valence-electron chi connectivity index (χ4n) is 1.14. The molecule has 13 heavy (non-hydrogen) atoms. The van der Waals surface area contributed by atoms with Crippen molar-refractivity contribution in [3.05, 3.63) is 29.0 Å². The van der Waals surface area contributed by atoms with Crippen molar-refractivity contribution in [1.82, 2.24) is 9.97 Å². The Morgan fingerprint density at radius 3 is 3.00 bits per heavy atom. The maximum absolute atomic E-state index is 10.6. The minimum Gasteiger partial charge on any atom is -0.344 e. The number of imidazole rings is 1. The zero-order chi connectivity index (χ0) is 9.26. The Hall–Kier alpha value is -1.42. The molecule has 0 radical (unpaired) electrons. The van der Waals surface area contributed by atoms with Gasteiger partial charge in [-0.2, -0.15) is 0 Å². The lowest BCUT2D eigenvalue weighted by Crippen LogP contribution is -1.72. The van der Waals surface area contributed by atoms with Crippen LogP contribution < -0.4 is 0 Å². The fourth-order valence-corrected chi connectivity index (χ4v) is 2.10. The summed E-state index contributed by atoms with van der Waals surface area (Å²) < 4.78 is 0. The van der Waals surface area contributed by atoms with Crippen LogP contribution in [0, 0.1) is 6.92 Å². The summed E-state index contributed by atoms with van der Waals surface area (Å²) in [4.78, 5) is 19.4. The number of nitrogens with zero attached hydrogens (tertiary/aromatic N) is 1. The average Bonchev–Trinajstić information content (AvgIpc) is 2.71. The van der Waals surface area contributed by atoms with Crippen LogP contribution in [0.15, 0.2) is 18.6 Å². The lowest BCUT2D eigenvalue weighted by molar-refractivity contribution is 0.112. The van der Waals surface area contributed by atoms with Crippen molar-refractivity contribution in [2.24, 2.45) is 0 Å². The molecule has 0 aliphatic heterocycles. The summed E-state index contributed by atoms with van der Waals surface area (Å²) in [5.41, 5.74) is 1.98. The predicted octanol–water partition coefficient (Wildman–Crippen LogP) is 2.26. The van der Waals surface area contributed by atoms with Crippen LogP contribution in [0.25, 0.3) is 10.6 Å². The molecule has 2 aromatic rings. The Bertz CT molecular complexity index is 417. The number of aldehydes is 1. The first kappa shape index (κ1) is 8.19. The number of aryl methyl sites for hydroxylation is 1. The van der Waals surface area contributed by atoms with E-state index in [9.17, 15) is 4.79 Å². The third-order valence-corrected chi connectivity index (χ3v) is 3.02. The first-order chi connectivity index (χ1) is 6.31. The molecule has 2 rings (SSSR count). The Balaban J connectivity index is 2.48. The van der Waals surface area contributed by atoms with Gasteiger partial charge in [0.25, 0.3) is 0 Å². The molecule has 0 saturated heterocycles. The van der Waals surface area contributed by atoms with Gasteiger partial charge in [0.1, 0.15) is 0 Å². The summed E-state index contributed by atoms with van der Waals surface area (Å²) in [5, 5.41) is 0. The monoisotopic (exact) mass is 192 g/mol. The number of hydrogen-bond donors (Lipinski definition) is 1. The highest BCUT2D eigenvalue weighted by atomic mass is 32.1. The molecule has 0 spiro atoms. The summed E-state index contributed by atoms with van der Waals surface area (Å²) in [6, 6.07) is 1.99. The maximum Gasteiger partial charge on any atom is 0.160 e. The van der Waals surface area contributed by atoms with Gasteiger partial charge >= 0.3 is 0 Å². The summed E-state index contributed by atoms with van der Waals surface area (Å²) in [5.74, 6) is 0. The normalized spacial score (nSPS) is 10.2. The molecule has 4 heteroatoms. The number of aromatic nitrogens is 2. The smallest absolute Gasteiger partial charge is 0.160 e. The summed E-state index contributed by atoms with van der Waals surface area (Å²) in [6.45, 7) is 1.93. The van der Waals surface area contributed by atoms with E-state index < -0.39 is 0 Å². The number of H-pyrrole nitrogens is 1. The molecule has 0 aliphatic rings. The lowest BCUT2D eigenvalue weighted by Gasteiger charge is -1.86. The van der Waals surface area contributed by atoms with Crippen LogP contribution >= 0.6 is 11.3 Å². The second-order valence-electron chi connectivity index (χ2n) is 2.74. The first-order valence-corrected chi connectivity index (χ1v) is 4.67. The molecule has 2 heterocycles. The number of carbonyl (C=O) groups excluding carboxylic acids is 1. The number of aromatic amines is 1. The van der Waals surface area contributed by atoms with E-state index in [1.807, 2.05) is 13.0 Å². The van der Waals surface area contributed by atoms with Gasteiger partial charge in [0.05, 0.1) is 28.0 Å². The zero-order valence-corrected chi connectivity index (χ0v) is 7.89. The molecule has 0 aliphatic carbocycles.